The van der Waals surface area contributed by atoms with E-state index in [1.165, 1.54) is 11.8 Å². The highest BCUT2D eigenvalue weighted by Crippen LogP contribution is 2.13. The fourth-order valence-corrected chi connectivity index (χ4v) is 1.72. The van der Waals surface area contributed by atoms with E-state index in [2.05, 4.69) is 12.2 Å². The van der Waals surface area contributed by atoms with Crippen molar-refractivity contribution in [3.05, 3.63) is 0 Å². The zero-order valence-corrected chi connectivity index (χ0v) is 10.8. The zero-order chi connectivity index (χ0) is 11.8. The Labute approximate surface area is 96.3 Å². The summed E-state index contributed by atoms with van der Waals surface area (Å²) >= 11 is 1.39. The third-order valence-corrected chi connectivity index (χ3v) is 3.24. The first-order valence-electron chi connectivity index (χ1n) is 5.36. The molecule has 0 saturated carbocycles. The highest BCUT2D eigenvalue weighted by molar-refractivity contribution is 8.14. The van der Waals surface area contributed by atoms with Gasteiger partial charge in [0, 0.05) is 18.3 Å². The maximum atomic E-state index is 11.5. The van der Waals surface area contributed by atoms with Gasteiger partial charge in [-0.1, -0.05) is 25.6 Å². The van der Waals surface area contributed by atoms with Gasteiger partial charge in [0.25, 0.3) is 0 Å². The van der Waals surface area contributed by atoms with Crippen LogP contribution in [-0.2, 0) is 0 Å². The first kappa shape index (κ1) is 14.3. The van der Waals surface area contributed by atoms with Crippen LogP contribution < -0.4 is 5.32 Å². The van der Waals surface area contributed by atoms with Crippen LogP contribution in [0, 0.1) is 5.41 Å². The molecule has 0 fully saturated rings. The molecule has 15 heavy (non-hydrogen) atoms. The minimum Gasteiger partial charge on any atom is -0.325 e. The lowest BCUT2D eigenvalue weighted by Crippen LogP contribution is -2.41. The first-order chi connectivity index (χ1) is 7.04. The van der Waals surface area contributed by atoms with Gasteiger partial charge >= 0.3 is 6.03 Å². The molecule has 4 nitrogen and oxygen atoms in total. The van der Waals surface area contributed by atoms with Crippen LogP contribution in [0.2, 0.25) is 0 Å². The number of hydrogen-bond donors (Lipinski definition) is 2. The fraction of sp³-hybridized carbons (Fsp3) is 0.800. The van der Waals surface area contributed by atoms with Crippen molar-refractivity contribution in [1.29, 1.82) is 5.41 Å². The van der Waals surface area contributed by atoms with E-state index < -0.39 is 0 Å². The molecule has 0 aliphatic heterocycles. The monoisotopic (exact) mass is 231 g/mol. The molecule has 0 aromatic carbocycles. The topological polar surface area (TPSA) is 56.2 Å². The number of amides is 2. The van der Waals surface area contributed by atoms with Crippen molar-refractivity contribution in [2.75, 3.05) is 13.1 Å². The Bertz CT molecular complexity index is 217. The van der Waals surface area contributed by atoms with Crippen LogP contribution in [0.1, 0.15) is 34.1 Å². The molecule has 0 heterocycles. The molecule has 1 unspecified atom stereocenters. The van der Waals surface area contributed by atoms with Crippen molar-refractivity contribution in [1.82, 2.24) is 10.2 Å². The average Bonchev–Trinajstić information content (AvgIpc) is 2.19. The number of carbonyl (C=O) groups is 1. The minimum absolute atomic E-state index is 0.180. The Morgan fingerprint density at radius 2 is 1.93 bits per heavy atom. The van der Waals surface area contributed by atoms with Gasteiger partial charge in [0.05, 0.1) is 0 Å². The van der Waals surface area contributed by atoms with E-state index in [1.807, 2.05) is 20.8 Å². The number of nitrogens with one attached hydrogen (secondary N) is 2. The number of nitrogens with zero attached hydrogens (tertiary/aromatic N) is 1. The molecule has 0 aliphatic carbocycles. The number of urea groups is 1. The van der Waals surface area contributed by atoms with Gasteiger partial charge in [0.15, 0.2) is 5.17 Å². The molecule has 0 aliphatic rings. The van der Waals surface area contributed by atoms with Gasteiger partial charge in [0.1, 0.15) is 0 Å². The van der Waals surface area contributed by atoms with Crippen molar-refractivity contribution in [2.24, 2.45) is 0 Å². The lowest BCUT2D eigenvalue weighted by Gasteiger charge is -2.19. The predicted octanol–water partition coefficient (Wildman–Crippen LogP) is 2.50. The van der Waals surface area contributed by atoms with Crippen molar-refractivity contribution < 1.29 is 4.79 Å². The summed E-state index contributed by atoms with van der Waals surface area (Å²) in [4.78, 5) is 13.2. The van der Waals surface area contributed by atoms with Crippen LogP contribution in [-0.4, -0.2) is 34.4 Å². The van der Waals surface area contributed by atoms with Gasteiger partial charge < -0.3 is 4.90 Å². The summed E-state index contributed by atoms with van der Waals surface area (Å²) in [6.07, 6.45) is 0.994. The Hall–Kier alpha value is -0.710. The largest absolute Gasteiger partial charge is 0.325 e. The molecular weight excluding hydrogens is 210 g/mol. The van der Waals surface area contributed by atoms with E-state index in [4.69, 9.17) is 5.41 Å². The van der Waals surface area contributed by atoms with Crippen LogP contribution in [0.5, 0.6) is 0 Å². The molecule has 0 aromatic heterocycles. The van der Waals surface area contributed by atoms with Crippen molar-refractivity contribution in [3.63, 3.8) is 0 Å². The molecule has 0 aromatic rings. The second-order valence-electron chi connectivity index (χ2n) is 3.27. The Kier molecular flexibility index (Phi) is 7.21. The highest BCUT2D eigenvalue weighted by atomic mass is 32.2. The molecule has 0 radical (unpaired) electrons. The van der Waals surface area contributed by atoms with Crippen molar-refractivity contribution in [2.45, 2.75) is 39.4 Å². The lowest BCUT2D eigenvalue weighted by molar-refractivity contribution is 0.208. The van der Waals surface area contributed by atoms with Gasteiger partial charge in [-0.3, -0.25) is 10.7 Å². The van der Waals surface area contributed by atoms with Crippen LogP contribution >= 0.6 is 11.8 Å². The van der Waals surface area contributed by atoms with Gasteiger partial charge in [-0.25, -0.2) is 4.79 Å². The van der Waals surface area contributed by atoms with Crippen molar-refractivity contribution in [3.8, 4) is 0 Å². The molecule has 0 saturated heterocycles. The van der Waals surface area contributed by atoms with Gasteiger partial charge in [-0.05, 0) is 20.3 Å². The van der Waals surface area contributed by atoms with Crippen LogP contribution in [0.25, 0.3) is 0 Å². The molecule has 2 N–H and O–H groups in total. The number of thioether (sulfide) groups is 1. The minimum atomic E-state index is -0.180. The summed E-state index contributed by atoms with van der Waals surface area (Å²) in [6, 6.07) is -0.180. The molecule has 88 valence electrons. The SMILES string of the molecule is CCC(C)SC(=N)NC(=O)N(CC)CC. The van der Waals surface area contributed by atoms with E-state index in [0.29, 0.717) is 18.3 Å². The maximum absolute atomic E-state index is 11.5. The predicted molar refractivity (Wildman–Crippen MR) is 66.5 cm³/mol. The van der Waals surface area contributed by atoms with Crippen LogP contribution in [0.3, 0.4) is 0 Å². The van der Waals surface area contributed by atoms with Gasteiger partial charge in [-0.2, -0.15) is 0 Å². The Balaban J connectivity index is 4.00. The summed E-state index contributed by atoms with van der Waals surface area (Å²) in [7, 11) is 0. The maximum Gasteiger partial charge on any atom is 0.323 e. The van der Waals surface area contributed by atoms with Gasteiger partial charge in [0.2, 0.25) is 0 Å². The van der Waals surface area contributed by atoms with E-state index >= 15 is 0 Å². The Morgan fingerprint density at radius 3 is 2.33 bits per heavy atom. The molecule has 1 atom stereocenters. The van der Waals surface area contributed by atoms with Crippen molar-refractivity contribution >= 4 is 23.0 Å². The molecule has 0 spiro atoms. The summed E-state index contributed by atoms with van der Waals surface area (Å²) in [5.41, 5.74) is 0. The van der Waals surface area contributed by atoms with Crippen LogP contribution in [0.4, 0.5) is 4.79 Å². The highest BCUT2D eigenvalue weighted by Gasteiger charge is 2.12. The van der Waals surface area contributed by atoms with Crippen LogP contribution in [0.15, 0.2) is 0 Å². The van der Waals surface area contributed by atoms with Gasteiger partial charge in [-0.15, -0.1) is 0 Å². The fourth-order valence-electron chi connectivity index (χ4n) is 1.00. The summed E-state index contributed by atoms with van der Waals surface area (Å²) in [5.74, 6) is 0. The number of hydrogen-bond acceptors (Lipinski definition) is 3. The molecule has 0 bridgehead atoms. The normalized spacial score (nSPS) is 12.0. The third kappa shape index (κ3) is 5.67. The molecule has 0 rings (SSSR count). The smallest absolute Gasteiger partial charge is 0.323 e. The molecular formula is C10H21N3OS. The first-order valence-corrected chi connectivity index (χ1v) is 6.24. The van der Waals surface area contributed by atoms with E-state index in [1.54, 1.807) is 4.90 Å². The lowest BCUT2D eigenvalue weighted by atomic mass is 10.4. The number of carbonyl (C=O) groups excluding carboxylic acids is 1. The second-order valence-corrected chi connectivity index (χ2v) is 4.72. The Morgan fingerprint density at radius 1 is 1.40 bits per heavy atom. The van der Waals surface area contributed by atoms with E-state index in [9.17, 15) is 4.79 Å². The standard InChI is InChI=1S/C10H21N3OS/c1-5-8(4)15-9(11)12-10(14)13(6-2)7-3/h8H,5-7H2,1-4H3,(H2,11,12,14). The van der Waals surface area contributed by atoms with E-state index in [0.717, 1.165) is 6.42 Å². The number of rotatable bonds is 4. The second kappa shape index (κ2) is 7.56. The zero-order valence-electron chi connectivity index (χ0n) is 9.96. The number of amidine groups is 1. The summed E-state index contributed by atoms with van der Waals surface area (Å²) in [6.45, 7) is 9.30. The molecule has 2 amide bonds. The average molecular weight is 231 g/mol. The summed E-state index contributed by atoms with van der Waals surface area (Å²) in [5, 5.41) is 10.8. The summed E-state index contributed by atoms with van der Waals surface area (Å²) < 4.78 is 0. The van der Waals surface area contributed by atoms with E-state index in [-0.39, 0.29) is 11.2 Å². The quantitative estimate of drug-likeness (QED) is 0.577. The third-order valence-electron chi connectivity index (χ3n) is 2.17. The molecule has 5 heteroatoms.